The van der Waals surface area contributed by atoms with Gasteiger partial charge in [-0.05, 0) is 79.9 Å². The first kappa shape index (κ1) is 32.3. The average Bonchev–Trinajstić information content (AvgIpc) is 2.94. The normalized spacial score (nSPS) is 11.1. The molecule has 0 aromatic heterocycles. The van der Waals surface area contributed by atoms with Crippen LogP contribution in [0.15, 0.2) is 78.9 Å². The summed E-state index contributed by atoms with van der Waals surface area (Å²) in [6.45, 7) is 5.88. The van der Waals surface area contributed by atoms with Gasteiger partial charge < -0.3 is 19.1 Å². The Morgan fingerprint density at radius 2 is 1.61 bits per heavy atom. The molecular weight excluding hydrogens is 590 g/mol. The molecule has 0 spiro atoms. The lowest BCUT2D eigenvalue weighted by atomic mass is 10.1. The fraction of sp³-hybridized carbons (Fsp3) is 0.242. The monoisotopic (exact) mass is 624 g/mol. The maximum absolute atomic E-state index is 14.7. The summed E-state index contributed by atoms with van der Waals surface area (Å²) >= 11 is 0. The molecule has 0 aliphatic heterocycles. The first-order valence-electron chi connectivity index (χ1n) is 13.8. The standard InChI is InChI=1S/C33H34F2N2O6S/c1-5-41-33(38)21-42-28-15-22(2)16-29(18-28)43-27-13-9-24(10-14-27)19-37(20-25-11-12-26(34)17-30(25)35)32-8-6-7-31(23(32)3)36-44(4,39)40/h6-18,36H,5,19-21H2,1-4H3. The van der Waals surface area contributed by atoms with Crippen LogP contribution < -0.4 is 19.1 Å². The van der Waals surface area contributed by atoms with Gasteiger partial charge in [0.25, 0.3) is 0 Å². The number of carbonyl (C=O) groups excluding carboxylic acids is 1. The van der Waals surface area contributed by atoms with E-state index in [2.05, 4.69) is 4.72 Å². The largest absolute Gasteiger partial charge is 0.482 e. The van der Waals surface area contributed by atoms with Crippen molar-refractivity contribution < 1.29 is 36.2 Å². The van der Waals surface area contributed by atoms with E-state index in [1.54, 1.807) is 50.2 Å². The number of halogens is 2. The van der Waals surface area contributed by atoms with Gasteiger partial charge in [0.15, 0.2) is 6.61 Å². The van der Waals surface area contributed by atoms with Crippen LogP contribution in [0.1, 0.15) is 29.2 Å². The summed E-state index contributed by atoms with van der Waals surface area (Å²) in [7, 11) is -3.53. The first-order valence-corrected chi connectivity index (χ1v) is 15.7. The van der Waals surface area contributed by atoms with Crippen molar-refractivity contribution in [1.29, 1.82) is 0 Å². The Kier molecular flexibility index (Phi) is 10.4. The number of aryl methyl sites for hydroxylation is 1. The molecule has 232 valence electrons. The summed E-state index contributed by atoms with van der Waals surface area (Å²) in [6.07, 6.45) is 1.07. The van der Waals surface area contributed by atoms with Gasteiger partial charge in [-0.2, -0.15) is 0 Å². The number of hydrogen-bond donors (Lipinski definition) is 1. The molecule has 8 nitrogen and oxygen atoms in total. The Morgan fingerprint density at radius 3 is 2.30 bits per heavy atom. The van der Waals surface area contributed by atoms with Gasteiger partial charge in [-0.15, -0.1) is 0 Å². The van der Waals surface area contributed by atoms with E-state index in [-0.39, 0.29) is 25.3 Å². The zero-order chi connectivity index (χ0) is 31.9. The first-order chi connectivity index (χ1) is 20.9. The van der Waals surface area contributed by atoms with Crippen molar-refractivity contribution in [3.8, 4) is 17.2 Å². The number of benzene rings is 4. The van der Waals surface area contributed by atoms with E-state index in [1.165, 1.54) is 12.1 Å². The lowest BCUT2D eigenvalue weighted by Gasteiger charge is -2.28. The third kappa shape index (κ3) is 9.18. The van der Waals surface area contributed by atoms with E-state index in [1.807, 2.05) is 36.1 Å². The highest BCUT2D eigenvalue weighted by molar-refractivity contribution is 7.92. The van der Waals surface area contributed by atoms with Crippen molar-refractivity contribution in [2.45, 2.75) is 33.9 Å². The molecule has 0 aliphatic rings. The molecule has 0 saturated carbocycles. The molecule has 0 heterocycles. The van der Waals surface area contributed by atoms with E-state index >= 15 is 0 Å². The van der Waals surface area contributed by atoms with Gasteiger partial charge in [0.05, 0.1) is 18.6 Å². The Bertz CT molecular complexity index is 1730. The van der Waals surface area contributed by atoms with E-state index in [0.29, 0.717) is 40.7 Å². The summed E-state index contributed by atoms with van der Waals surface area (Å²) in [5, 5.41) is 0. The smallest absolute Gasteiger partial charge is 0.344 e. The summed E-state index contributed by atoms with van der Waals surface area (Å²) in [5.74, 6) is -0.257. The highest BCUT2D eigenvalue weighted by Crippen LogP contribution is 2.32. The molecule has 0 saturated heterocycles. The van der Waals surface area contributed by atoms with Crippen LogP contribution in [0.4, 0.5) is 20.2 Å². The summed E-state index contributed by atoms with van der Waals surface area (Å²) < 4.78 is 71.2. The molecule has 4 aromatic rings. The summed E-state index contributed by atoms with van der Waals surface area (Å²) in [5.41, 5.74) is 3.77. The number of esters is 1. The van der Waals surface area contributed by atoms with Gasteiger partial charge >= 0.3 is 5.97 Å². The van der Waals surface area contributed by atoms with Crippen molar-refractivity contribution in [3.05, 3.63) is 113 Å². The number of nitrogens with zero attached hydrogens (tertiary/aromatic N) is 1. The van der Waals surface area contributed by atoms with Crippen LogP contribution in [-0.2, 0) is 32.6 Å². The second-order valence-electron chi connectivity index (χ2n) is 10.2. The predicted molar refractivity (Wildman–Crippen MR) is 166 cm³/mol. The van der Waals surface area contributed by atoms with Gasteiger partial charge in [-0.3, -0.25) is 4.72 Å². The van der Waals surface area contributed by atoms with Crippen LogP contribution in [0.25, 0.3) is 0 Å². The van der Waals surface area contributed by atoms with E-state index < -0.39 is 27.6 Å². The van der Waals surface area contributed by atoms with Crippen molar-refractivity contribution >= 4 is 27.4 Å². The quantitative estimate of drug-likeness (QED) is 0.162. The number of nitrogens with one attached hydrogen (secondary N) is 1. The summed E-state index contributed by atoms with van der Waals surface area (Å²) in [4.78, 5) is 13.5. The van der Waals surface area contributed by atoms with Gasteiger partial charge in [0, 0.05) is 36.5 Å². The lowest BCUT2D eigenvalue weighted by Crippen LogP contribution is -2.24. The molecular formula is C33H34F2N2O6S. The molecule has 0 atom stereocenters. The number of rotatable bonds is 13. The van der Waals surface area contributed by atoms with E-state index in [4.69, 9.17) is 14.2 Å². The maximum atomic E-state index is 14.7. The minimum Gasteiger partial charge on any atom is -0.482 e. The Balaban J connectivity index is 1.56. The molecule has 44 heavy (non-hydrogen) atoms. The lowest BCUT2D eigenvalue weighted by molar-refractivity contribution is -0.145. The van der Waals surface area contributed by atoms with Crippen molar-refractivity contribution in [2.24, 2.45) is 0 Å². The fourth-order valence-electron chi connectivity index (χ4n) is 4.58. The van der Waals surface area contributed by atoms with Crippen LogP contribution in [0.3, 0.4) is 0 Å². The molecule has 1 N–H and O–H groups in total. The Hall–Kier alpha value is -4.64. The van der Waals surface area contributed by atoms with E-state index in [9.17, 15) is 22.0 Å². The average molecular weight is 625 g/mol. The minimum absolute atomic E-state index is 0.103. The highest BCUT2D eigenvalue weighted by atomic mass is 32.2. The minimum atomic E-state index is -3.53. The van der Waals surface area contributed by atoms with Crippen LogP contribution in [0.2, 0.25) is 0 Å². The van der Waals surface area contributed by atoms with Crippen molar-refractivity contribution in [2.75, 3.05) is 29.1 Å². The Morgan fingerprint density at radius 1 is 0.886 bits per heavy atom. The van der Waals surface area contributed by atoms with Crippen LogP contribution in [0.5, 0.6) is 17.2 Å². The Labute approximate surface area is 256 Å². The van der Waals surface area contributed by atoms with Gasteiger partial charge in [-0.1, -0.05) is 24.3 Å². The molecule has 0 amide bonds. The molecule has 0 bridgehead atoms. The predicted octanol–water partition coefficient (Wildman–Crippen LogP) is 6.89. The number of hydrogen-bond acceptors (Lipinski definition) is 7. The third-order valence-electron chi connectivity index (χ3n) is 6.54. The third-order valence-corrected chi connectivity index (χ3v) is 7.13. The molecule has 4 aromatic carbocycles. The zero-order valence-electron chi connectivity index (χ0n) is 24.9. The second-order valence-corrected chi connectivity index (χ2v) is 12.0. The summed E-state index contributed by atoms with van der Waals surface area (Å²) in [6, 6.07) is 21.3. The molecule has 4 rings (SSSR count). The molecule has 0 aliphatic carbocycles. The second kappa shape index (κ2) is 14.2. The number of sulfonamides is 1. The molecule has 0 radical (unpaired) electrons. The van der Waals surface area contributed by atoms with Crippen LogP contribution in [-0.4, -0.2) is 33.9 Å². The molecule has 0 fully saturated rings. The van der Waals surface area contributed by atoms with Crippen LogP contribution >= 0.6 is 0 Å². The maximum Gasteiger partial charge on any atom is 0.344 e. The van der Waals surface area contributed by atoms with Gasteiger partial charge in [0.1, 0.15) is 28.9 Å². The highest BCUT2D eigenvalue weighted by Gasteiger charge is 2.17. The molecule has 11 heteroatoms. The van der Waals surface area contributed by atoms with E-state index in [0.717, 1.165) is 23.4 Å². The number of carbonyl (C=O) groups is 1. The number of ether oxygens (including phenoxy) is 3. The zero-order valence-corrected chi connectivity index (χ0v) is 25.7. The topological polar surface area (TPSA) is 94.2 Å². The molecule has 0 unspecified atom stereocenters. The van der Waals surface area contributed by atoms with Crippen molar-refractivity contribution in [1.82, 2.24) is 0 Å². The number of anilines is 2. The van der Waals surface area contributed by atoms with Crippen LogP contribution in [0, 0.1) is 25.5 Å². The fourth-order valence-corrected chi connectivity index (χ4v) is 5.20. The van der Waals surface area contributed by atoms with Gasteiger partial charge in [0.2, 0.25) is 10.0 Å². The SMILES string of the molecule is CCOC(=O)COc1cc(C)cc(Oc2ccc(CN(Cc3ccc(F)cc3F)c3cccc(NS(C)(=O)=O)c3C)cc2)c1. The van der Waals surface area contributed by atoms with Crippen molar-refractivity contribution in [3.63, 3.8) is 0 Å². The van der Waals surface area contributed by atoms with Gasteiger partial charge in [-0.25, -0.2) is 22.0 Å².